The monoisotopic (exact) mass is 399 g/mol. The Morgan fingerprint density at radius 2 is 1.93 bits per heavy atom. The van der Waals surface area contributed by atoms with Crippen molar-refractivity contribution in [3.63, 3.8) is 0 Å². The number of carbonyl (C=O) groups excluding carboxylic acids is 2. The van der Waals surface area contributed by atoms with Crippen LogP contribution in [-0.4, -0.2) is 42.1 Å². The van der Waals surface area contributed by atoms with Crippen molar-refractivity contribution in [1.82, 2.24) is 10.2 Å². The van der Waals surface area contributed by atoms with E-state index in [9.17, 15) is 9.59 Å². The van der Waals surface area contributed by atoms with Gasteiger partial charge in [-0.15, -0.1) is 0 Å². The predicted octanol–water partition coefficient (Wildman–Crippen LogP) is 4.19. The van der Waals surface area contributed by atoms with Crippen molar-refractivity contribution in [3.8, 4) is 0 Å². The Bertz CT molecular complexity index is 821. The van der Waals surface area contributed by atoms with Gasteiger partial charge in [0.2, 0.25) is 0 Å². The number of nitrogens with zero attached hydrogens (tertiary/aromatic N) is 1. The van der Waals surface area contributed by atoms with Crippen molar-refractivity contribution in [1.29, 1.82) is 0 Å². The lowest BCUT2D eigenvalue weighted by Crippen LogP contribution is -2.36. The van der Waals surface area contributed by atoms with Gasteiger partial charge in [0.25, 0.3) is 5.91 Å². The number of hydrogen-bond donors (Lipinski definition) is 2. The van der Waals surface area contributed by atoms with Crippen LogP contribution in [0.4, 0.5) is 10.5 Å². The third-order valence-electron chi connectivity index (χ3n) is 4.68. The van der Waals surface area contributed by atoms with Gasteiger partial charge < -0.3 is 14.5 Å². The van der Waals surface area contributed by atoms with Gasteiger partial charge in [-0.05, 0) is 77.0 Å². The summed E-state index contributed by atoms with van der Waals surface area (Å²) in [6.45, 7) is 7.84. The van der Waals surface area contributed by atoms with Crippen LogP contribution in [0.15, 0.2) is 47.1 Å². The molecule has 2 heterocycles. The molecule has 0 bridgehead atoms. The van der Waals surface area contributed by atoms with Crippen molar-refractivity contribution >= 4 is 17.7 Å². The van der Waals surface area contributed by atoms with Crippen LogP contribution in [0.1, 0.15) is 55.8 Å². The van der Waals surface area contributed by atoms with E-state index in [0.717, 1.165) is 31.7 Å². The summed E-state index contributed by atoms with van der Waals surface area (Å²) in [5.74, 6) is 0.654. The van der Waals surface area contributed by atoms with Gasteiger partial charge in [0.05, 0.1) is 12.3 Å². The van der Waals surface area contributed by atoms with Crippen LogP contribution >= 0.6 is 0 Å². The minimum absolute atomic E-state index is 0.0134. The highest BCUT2D eigenvalue weighted by Gasteiger charge is 2.26. The summed E-state index contributed by atoms with van der Waals surface area (Å²) in [6, 6.07) is 10.6. The summed E-state index contributed by atoms with van der Waals surface area (Å²) in [4.78, 5) is 27.0. The Morgan fingerprint density at radius 1 is 1.17 bits per heavy atom. The van der Waals surface area contributed by atoms with Crippen LogP contribution in [0.3, 0.4) is 0 Å². The summed E-state index contributed by atoms with van der Waals surface area (Å²) >= 11 is 0. The van der Waals surface area contributed by atoms with E-state index >= 15 is 0 Å². The number of benzene rings is 1. The molecule has 0 radical (unpaired) electrons. The first-order valence-corrected chi connectivity index (χ1v) is 9.97. The number of furan rings is 1. The second kappa shape index (κ2) is 9.13. The zero-order chi connectivity index (χ0) is 20.9. The van der Waals surface area contributed by atoms with Crippen LogP contribution in [-0.2, 0) is 4.74 Å². The molecular formula is C22H29N3O4. The number of rotatable bonds is 6. The standard InChI is InChI=1S/C22H29N3O4/c1-22(2,3)29-21(27)24-17-9-6-8-16(14-17)20(26)23-15-18(19-10-7-13-28-19)25-11-4-5-12-25/h6-10,13-14,18H,4-5,11-12,15H2,1-3H3,(H,23,26)(H,24,27). The first-order valence-electron chi connectivity index (χ1n) is 9.97. The number of anilines is 1. The number of carbonyl (C=O) groups is 2. The van der Waals surface area contributed by atoms with Gasteiger partial charge in [0.1, 0.15) is 11.4 Å². The number of ether oxygens (including phenoxy) is 1. The molecule has 1 unspecified atom stereocenters. The summed E-state index contributed by atoms with van der Waals surface area (Å²) in [6.07, 6.45) is 3.42. The number of amides is 2. The SMILES string of the molecule is CC(C)(C)OC(=O)Nc1cccc(C(=O)NCC(c2ccco2)N2CCCC2)c1. The topological polar surface area (TPSA) is 83.8 Å². The van der Waals surface area contributed by atoms with Gasteiger partial charge in [-0.3, -0.25) is 15.0 Å². The van der Waals surface area contributed by atoms with E-state index in [4.69, 9.17) is 9.15 Å². The minimum Gasteiger partial charge on any atom is -0.468 e. The first-order chi connectivity index (χ1) is 13.8. The Balaban J connectivity index is 1.62. The highest BCUT2D eigenvalue weighted by Crippen LogP contribution is 2.25. The number of hydrogen-bond acceptors (Lipinski definition) is 5. The van der Waals surface area contributed by atoms with E-state index in [0.29, 0.717) is 17.8 Å². The molecule has 1 saturated heterocycles. The molecule has 0 saturated carbocycles. The van der Waals surface area contributed by atoms with Crippen molar-refractivity contribution in [3.05, 3.63) is 54.0 Å². The minimum atomic E-state index is -0.588. The Hall–Kier alpha value is -2.80. The average Bonchev–Trinajstić information content (AvgIpc) is 3.35. The molecule has 7 heteroatoms. The quantitative estimate of drug-likeness (QED) is 0.761. The van der Waals surface area contributed by atoms with Crippen molar-refractivity contribution in [2.45, 2.75) is 45.3 Å². The second-order valence-electron chi connectivity index (χ2n) is 8.19. The molecule has 1 atom stereocenters. The lowest BCUT2D eigenvalue weighted by Gasteiger charge is -2.26. The molecule has 1 aromatic carbocycles. The van der Waals surface area contributed by atoms with Crippen LogP contribution in [0, 0.1) is 0 Å². The molecule has 29 heavy (non-hydrogen) atoms. The summed E-state index contributed by atoms with van der Waals surface area (Å²) in [5, 5.41) is 5.66. The number of likely N-dealkylation sites (tertiary alicyclic amines) is 1. The lowest BCUT2D eigenvalue weighted by molar-refractivity contribution is 0.0635. The van der Waals surface area contributed by atoms with E-state index in [1.54, 1.807) is 51.3 Å². The third-order valence-corrected chi connectivity index (χ3v) is 4.68. The van der Waals surface area contributed by atoms with Crippen molar-refractivity contribution in [2.24, 2.45) is 0 Å². The highest BCUT2D eigenvalue weighted by molar-refractivity contribution is 5.96. The zero-order valence-corrected chi connectivity index (χ0v) is 17.2. The zero-order valence-electron chi connectivity index (χ0n) is 17.2. The molecule has 0 aliphatic carbocycles. The van der Waals surface area contributed by atoms with Gasteiger partial charge in [0, 0.05) is 17.8 Å². The maximum absolute atomic E-state index is 12.7. The van der Waals surface area contributed by atoms with Gasteiger partial charge in [0.15, 0.2) is 0 Å². The fourth-order valence-electron chi connectivity index (χ4n) is 3.39. The average molecular weight is 399 g/mol. The largest absolute Gasteiger partial charge is 0.468 e. The molecule has 3 rings (SSSR count). The second-order valence-corrected chi connectivity index (χ2v) is 8.19. The molecule has 7 nitrogen and oxygen atoms in total. The van der Waals surface area contributed by atoms with E-state index in [2.05, 4.69) is 15.5 Å². The van der Waals surface area contributed by atoms with Gasteiger partial charge >= 0.3 is 6.09 Å². The van der Waals surface area contributed by atoms with Crippen LogP contribution in [0.5, 0.6) is 0 Å². The summed E-state index contributed by atoms with van der Waals surface area (Å²) in [5.41, 5.74) is 0.391. The normalized spacial score (nSPS) is 15.7. The molecule has 2 aromatic rings. The Kier molecular flexibility index (Phi) is 6.59. The highest BCUT2D eigenvalue weighted by atomic mass is 16.6. The molecule has 0 spiro atoms. The fourth-order valence-corrected chi connectivity index (χ4v) is 3.39. The van der Waals surface area contributed by atoms with E-state index in [1.165, 1.54) is 0 Å². The van der Waals surface area contributed by atoms with Crippen LogP contribution < -0.4 is 10.6 Å². The molecule has 1 fully saturated rings. The molecular weight excluding hydrogens is 370 g/mol. The molecule has 1 aliphatic rings. The van der Waals surface area contributed by atoms with Gasteiger partial charge in [-0.2, -0.15) is 0 Å². The third kappa shape index (κ3) is 6.09. The van der Waals surface area contributed by atoms with E-state index in [1.807, 2.05) is 12.1 Å². The molecule has 1 aliphatic heterocycles. The molecule has 1 aromatic heterocycles. The lowest BCUT2D eigenvalue weighted by atomic mass is 10.1. The predicted molar refractivity (Wildman–Crippen MR) is 111 cm³/mol. The smallest absolute Gasteiger partial charge is 0.412 e. The van der Waals surface area contributed by atoms with E-state index in [-0.39, 0.29) is 11.9 Å². The van der Waals surface area contributed by atoms with Crippen molar-refractivity contribution < 1.29 is 18.7 Å². The maximum Gasteiger partial charge on any atom is 0.412 e. The van der Waals surface area contributed by atoms with Crippen molar-refractivity contribution in [2.75, 3.05) is 25.0 Å². The van der Waals surface area contributed by atoms with E-state index < -0.39 is 11.7 Å². The first kappa shape index (κ1) is 20.9. The van der Waals surface area contributed by atoms with Gasteiger partial charge in [-0.1, -0.05) is 6.07 Å². The summed E-state index contributed by atoms with van der Waals surface area (Å²) in [7, 11) is 0. The van der Waals surface area contributed by atoms with Crippen LogP contribution in [0.25, 0.3) is 0 Å². The molecule has 2 N–H and O–H groups in total. The summed E-state index contributed by atoms with van der Waals surface area (Å²) < 4.78 is 10.8. The van der Waals surface area contributed by atoms with Gasteiger partial charge in [-0.25, -0.2) is 4.79 Å². The van der Waals surface area contributed by atoms with Crippen LogP contribution in [0.2, 0.25) is 0 Å². The Morgan fingerprint density at radius 3 is 2.59 bits per heavy atom. The molecule has 156 valence electrons. The Labute approximate surface area is 171 Å². The maximum atomic E-state index is 12.7. The fraction of sp³-hybridized carbons (Fsp3) is 0.455. The molecule has 2 amide bonds. The number of nitrogens with one attached hydrogen (secondary N) is 2.